The number of carbonyl (C=O) groups excluding carboxylic acids is 7. The van der Waals surface area contributed by atoms with E-state index in [-0.39, 0.29) is 54.1 Å². The highest BCUT2D eigenvalue weighted by Gasteiger charge is 2.38. The van der Waals surface area contributed by atoms with Crippen molar-refractivity contribution in [3.63, 3.8) is 0 Å². The number of fused-ring (bicyclic) bond motifs is 5. The lowest BCUT2D eigenvalue weighted by Crippen LogP contribution is -2.48. The van der Waals surface area contributed by atoms with Crippen LogP contribution in [0.5, 0.6) is 11.5 Å². The number of benzene rings is 4. The number of rotatable bonds is 15. The molecule has 1 fully saturated rings. The number of nitrogens with two attached hydrogens (primary N) is 2. The first kappa shape index (κ1) is 49.1. The molecule has 2 heterocycles. The van der Waals surface area contributed by atoms with Gasteiger partial charge in [0.05, 0.1) is 6.04 Å². The van der Waals surface area contributed by atoms with Crippen LogP contribution in [-0.4, -0.2) is 93.2 Å². The molecule has 0 spiro atoms. The minimum absolute atomic E-state index is 0.0515. The molecule has 0 unspecified atom stereocenters. The fourth-order valence-corrected chi connectivity index (χ4v) is 9.15. The molecule has 6 atom stereocenters. The maximum absolute atomic E-state index is 14.7. The fourth-order valence-electron chi connectivity index (χ4n) is 9.03. The average Bonchev–Trinajstić information content (AvgIpc) is 3.80. The molecular formula is C51H58ClN5O9. The maximum Gasteiger partial charge on any atom is 0.240 e. The van der Waals surface area contributed by atoms with Crippen LogP contribution in [0.4, 0.5) is 0 Å². The van der Waals surface area contributed by atoms with E-state index in [2.05, 4.69) is 5.32 Å². The first-order valence-corrected chi connectivity index (χ1v) is 22.8. The number of phenolic OH excluding ortho intramolecular Hbond substituents is 2. The molecule has 0 aliphatic carbocycles. The molecule has 4 aromatic carbocycles. The number of Topliss-reactive ketones (excluding diaryl/α,β-unsaturated/α-hetero) is 3. The van der Waals surface area contributed by atoms with E-state index >= 15 is 0 Å². The van der Waals surface area contributed by atoms with E-state index in [0.717, 1.165) is 11.1 Å². The summed E-state index contributed by atoms with van der Waals surface area (Å²) < 4.78 is 0. The van der Waals surface area contributed by atoms with E-state index in [1.54, 1.807) is 43.3 Å². The summed E-state index contributed by atoms with van der Waals surface area (Å²) in [6, 6.07) is 20.1. The van der Waals surface area contributed by atoms with E-state index < -0.39 is 71.1 Å². The number of nitrogens with one attached hydrogen (secondary N) is 1. The summed E-state index contributed by atoms with van der Waals surface area (Å²) in [7, 11) is 1.47. The second-order valence-corrected chi connectivity index (χ2v) is 18.1. The topological polar surface area (TPSA) is 230 Å². The van der Waals surface area contributed by atoms with Crippen molar-refractivity contribution >= 4 is 52.6 Å². The molecule has 0 radical (unpaired) electrons. The van der Waals surface area contributed by atoms with Gasteiger partial charge in [0.1, 0.15) is 23.6 Å². The molecule has 348 valence electrons. The zero-order chi connectivity index (χ0) is 47.8. The Hall–Kier alpha value is -6.38. The normalized spacial score (nSPS) is 19.6. The molecular weight excluding hydrogens is 862 g/mol. The average molecular weight is 921 g/mol. The van der Waals surface area contributed by atoms with E-state index in [1.807, 2.05) is 24.3 Å². The summed E-state index contributed by atoms with van der Waals surface area (Å²) in [5.74, 6) is -6.54. The highest BCUT2D eigenvalue weighted by Crippen LogP contribution is 2.40. The summed E-state index contributed by atoms with van der Waals surface area (Å²) in [5.41, 5.74) is 14.7. The van der Waals surface area contributed by atoms with Crippen LogP contribution in [0.1, 0.15) is 92.7 Å². The number of likely N-dealkylation sites (tertiary alicyclic amines) is 1. The number of primary amides is 1. The number of carbonyl (C=O) groups is 7. The van der Waals surface area contributed by atoms with Gasteiger partial charge in [-0.15, -0.1) is 0 Å². The molecule has 1 saturated heterocycles. The van der Waals surface area contributed by atoms with Gasteiger partial charge in [0.2, 0.25) is 23.6 Å². The Kier molecular flexibility index (Phi) is 16.2. The Morgan fingerprint density at radius 2 is 1.50 bits per heavy atom. The Balaban J connectivity index is 1.30. The van der Waals surface area contributed by atoms with Gasteiger partial charge in [-0.2, -0.15) is 0 Å². The van der Waals surface area contributed by atoms with E-state index in [1.165, 1.54) is 48.0 Å². The van der Waals surface area contributed by atoms with Gasteiger partial charge >= 0.3 is 0 Å². The minimum atomic E-state index is -1.30. The van der Waals surface area contributed by atoms with E-state index in [9.17, 15) is 43.8 Å². The lowest BCUT2D eigenvalue weighted by atomic mass is 9.87. The predicted molar refractivity (Wildman–Crippen MR) is 250 cm³/mol. The first-order valence-electron chi connectivity index (χ1n) is 22.4. The number of halogens is 1. The zero-order valence-electron chi connectivity index (χ0n) is 37.5. The second kappa shape index (κ2) is 21.7. The number of phenols is 2. The number of nitrogens with zero attached hydrogens (tertiary/aromatic N) is 2. The predicted octanol–water partition coefficient (Wildman–Crippen LogP) is 6.31. The maximum atomic E-state index is 14.7. The highest BCUT2D eigenvalue weighted by atomic mass is 35.5. The third kappa shape index (κ3) is 11.5. The smallest absolute Gasteiger partial charge is 0.240 e. The molecule has 4 amide bonds. The van der Waals surface area contributed by atoms with Gasteiger partial charge in [-0.3, -0.25) is 33.6 Å². The Bertz CT molecular complexity index is 2480. The molecule has 4 aromatic rings. The minimum Gasteiger partial charge on any atom is -0.507 e. The summed E-state index contributed by atoms with van der Waals surface area (Å²) in [5, 5.41) is 25.8. The van der Waals surface area contributed by atoms with Gasteiger partial charge in [0.25, 0.3) is 0 Å². The lowest BCUT2D eigenvalue weighted by Gasteiger charge is -2.32. The number of unbranched alkanes of at least 4 members (excludes halogenated alkanes) is 1. The van der Waals surface area contributed by atoms with Crippen molar-refractivity contribution in [1.29, 1.82) is 0 Å². The Labute approximate surface area is 389 Å². The molecule has 2 aliphatic heterocycles. The van der Waals surface area contributed by atoms with Crippen LogP contribution in [0.3, 0.4) is 0 Å². The number of ketones is 3. The third-order valence-electron chi connectivity index (χ3n) is 12.8. The van der Waals surface area contributed by atoms with Crippen LogP contribution in [0.25, 0.3) is 22.3 Å². The Morgan fingerprint density at radius 1 is 0.864 bits per heavy atom. The standard InChI is InChI=1S/C51H58ClN5O9/c1-29-23-46(62)47(56(3)51(66)36(7-4-5-21-53)28-44(60)34-12-10-32(11-13-34)33-14-17-37(52)18-15-33)35-16-20-43(59)39(27-35)38-25-31(9-19-42(38)58)26-40(55-49(29)64)45(61)24-30(2)50(65)57-22-6-8-41(57)48(54)63/h9-20,25,27,29-30,36,40-41,47,58-59H,4-8,21-24,26,28,53H2,1-3H3,(H2,54,63)(H,55,64)/t29-,30-,36-,40+,41+,47+/m1/s1. The molecule has 6 rings (SSSR count). The number of hydrogen-bond acceptors (Lipinski definition) is 10. The van der Waals surface area contributed by atoms with E-state index in [4.69, 9.17) is 23.1 Å². The number of hydrogen-bond donors (Lipinski definition) is 5. The molecule has 2 aliphatic rings. The summed E-state index contributed by atoms with van der Waals surface area (Å²) in [4.78, 5) is 99.4. The van der Waals surface area contributed by atoms with Crippen molar-refractivity contribution < 1.29 is 43.8 Å². The number of amides is 4. The molecule has 0 aromatic heterocycles. The molecule has 14 nitrogen and oxygen atoms in total. The fraction of sp³-hybridized carbons (Fsp3) is 0.392. The van der Waals surface area contributed by atoms with Crippen molar-refractivity contribution in [2.24, 2.45) is 29.2 Å². The van der Waals surface area contributed by atoms with Crippen LogP contribution in [-0.2, 0) is 35.2 Å². The largest absolute Gasteiger partial charge is 0.507 e. The van der Waals surface area contributed by atoms with E-state index in [0.29, 0.717) is 66.9 Å². The molecule has 15 heteroatoms. The number of aromatic hydroxyl groups is 2. The summed E-state index contributed by atoms with van der Waals surface area (Å²) >= 11 is 6.06. The molecule has 0 saturated carbocycles. The zero-order valence-corrected chi connectivity index (χ0v) is 38.3. The van der Waals surface area contributed by atoms with Crippen LogP contribution in [0.15, 0.2) is 84.9 Å². The molecule has 4 bridgehead atoms. The van der Waals surface area contributed by atoms with Gasteiger partial charge in [0.15, 0.2) is 17.3 Å². The van der Waals surface area contributed by atoms with Crippen molar-refractivity contribution in [2.45, 2.75) is 89.8 Å². The second-order valence-electron chi connectivity index (χ2n) is 17.7. The van der Waals surface area contributed by atoms with Crippen molar-refractivity contribution in [2.75, 3.05) is 20.1 Å². The molecule has 7 N–H and O–H groups in total. The van der Waals surface area contributed by atoms with Crippen LogP contribution >= 0.6 is 11.6 Å². The van der Waals surface area contributed by atoms with Crippen molar-refractivity contribution in [3.05, 3.63) is 107 Å². The van der Waals surface area contributed by atoms with Crippen molar-refractivity contribution in [1.82, 2.24) is 15.1 Å². The van der Waals surface area contributed by atoms with Gasteiger partial charge in [-0.25, -0.2) is 0 Å². The van der Waals surface area contributed by atoms with Crippen LogP contribution in [0.2, 0.25) is 5.02 Å². The first-order chi connectivity index (χ1) is 31.5. The summed E-state index contributed by atoms with van der Waals surface area (Å²) in [6.07, 6.45) is 1.63. The monoisotopic (exact) mass is 919 g/mol. The number of likely N-dealkylation sites (N-methyl/N-ethyl adjacent to an activating group) is 1. The van der Waals surface area contributed by atoms with Gasteiger partial charge < -0.3 is 36.8 Å². The highest BCUT2D eigenvalue weighted by molar-refractivity contribution is 6.30. The molecule has 66 heavy (non-hydrogen) atoms. The lowest BCUT2D eigenvalue weighted by molar-refractivity contribution is -0.142. The SMILES string of the molecule is C[C@@H]1CC(=O)[C@@H](N(C)C(=O)[C@H](CCCCN)CC(=O)c2ccc(-c3ccc(Cl)cc3)cc2)c2ccc(O)c(c2)-c2cc(ccc2O)C[C@@H](C(=O)C[C@@H](C)C(=O)N2CCC[C@H]2C(N)=O)NC1=O. The van der Waals surface area contributed by atoms with Crippen LogP contribution < -0.4 is 16.8 Å². The van der Waals surface area contributed by atoms with Gasteiger partial charge in [0, 0.05) is 72.3 Å². The van der Waals surface area contributed by atoms with Gasteiger partial charge in [-0.1, -0.05) is 80.4 Å². The summed E-state index contributed by atoms with van der Waals surface area (Å²) in [6.45, 7) is 3.82. The van der Waals surface area contributed by atoms with Crippen molar-refractivity contribution in [3.8, 4) is 33.8 Å². The van der Waals surface area contributed by atoms with Gasteiger partial charge in [-0.05, 0) is 97.3 Å². The van der Waals surface area contributed by atoms with Crippen LogP contribution in [0, 0.1) is 17.8 Å². The quantitative estimate of drug-likeness (QED) is 0.0659. The Morgan fingerprint density at radius 3 is 2.15 bits per heavy atom. The third-order valence-corrected chi connectivity index (χ3v) is 13.0.